The van der Waals surface area contributed by atoms with E-state index in [0.717, 1.165) is 24.8 Å². The fraction of sp³-hybridized carbons (Fsp3) is 0.364. The van der Waals surface area contributed by atoms with Gasteiger partial charge in [-0.05, 0) is 61.2 Å². The van der Waals surface area contributed by atoms with Crippen LogP contribution in [0, 0.1) is 17.2 Å². The highest BCUT2D eigenvalue weighted by atomic mass is 19.4. The summed E-state index contributed by atoms with van der Waals surface area (Å²) in [4.78, 5) is 4.69. The molecule has 3 aromatic rings. The first-order valence-electron chi connectivity index (χ1n) is 9.87. The lowest BCUT2D eigenvalue weighted by atomic mass is 9.87. The molecule has 0 amide bonds. The summed E-state index contributed by atoms with van der Waals surface area (Å²) in [7, 11) is 0. The fourth-order valence-corrected chi connectivity index (χ4v) is 4.13. The quantitative estimate of drug-likeness (QED) is 0.544. The van der Waals surface area contributed by atoms with E-state index in [0.29, 0.717) is 28.6 Å². The maximum absolute atomic E-state index is 12.4. The van der Waals surface area contributed by atoms with Gasteiger partial charge in [0.05, 0.1) is 22.7 Å². The van der Waals surface area contributed by atoms with Crippen molar-refractivity contribution in [3.8, 4) is 11.8 Å². The summed E-state index contributed by atoms with van der Waals surface area (Å²) >= 11 is 0. The van der Waals surface area contributed by atoms with E-state index in [1.165, 1.54) is 30.7 Å². The van der Waals surface area contributed by atoms with E-state index < -0.39 is 6.36 Å². The van der Waals surface area contributed by atoms with Crippen LogP contribution in [-0.4, -0.2) is 15.9 Å². The van der Waals surface area contributed by atoms with Crippen LogP contribution in [0.3, 0.4) is 0 Å². The van der Waals surface area contributed by atoms with E-state index in [9.17, 15) is 18.4 Å². The molecule has 1 N–H and O–H groups in total. The smallest absolute Gasteiger partial charge is 0.406 e. The predicted octanol–water partition coefficient (Wildman–Crippen LogP) is 6.30. The van der Waals surface area contributed by atoms with Crippen LogP contribution in [0.15, 0.2) is 42.5 Å². The molecule has 1 fully saturated rings. The standard InChI is InChI=1S/C22H21F3N4O/c1-14-3-2-4-17(11-14)29-20-10-5-15(13-26)12-19(20)28-21(29)27-16-6-8-18(9-7-16)30-22(23,24)25/h5-10,12,14,17H,2-4,11H2,1H3,(H,27,28). The summed E-state index contributed by atoms with van der Waals surface area (Å²) in [5.74, 6) is 0.941. The molecule has 8 heteroatoms. The molecule has 1 aromatic heterocycles. The number of alkyl halides is 3. The summed E-state index contributed by atoms with van der Waals surface area (Å²) in [5, 5.41) is 12.4. The number of nitrogens with one attached hydrogen (secondary N) is 1. The highest BCUT2D eigenvalue weighted by Gasteiger charge is 2.31. The van der Waals surface area contributed by atoms with Crippen LogP contribution in [0.2, 0.25) is 0 Å². The number of fused-ring (bicyclic) bond motifs is 1. The van der Waals surface area contributed by atoms with Crippen molar-refractivity contribution in [2.75, 3.05) is 5.32 Å². The molecule has 0 bridgehead atoms. The highest BCUT2D eigenvalue weighted by molar-refractivity contribution is 5.81. The number of hydrogen-bond acceptors (Lipinski definition) is 4. The highest BCUT2D eigenvalue weighted by Crippen LogP contribution is 2.37. The lowest BCUT2D eigenvalue weighted by Crippen LogP contribution is -2.19. The van der Waals surface area contributed by atoms with Crippen molar-refractivity contribution in [3.63, 3.8) is 0 Å². The predicted molar refractivity (Wildman–Crippen MR) is 108 cm³/mol. The Bertz CT molecular complexity index is 1080. The van der Waals surface area contributed by atoms with Crippen molar-refractivity contribution in [1.29, 1.82) is 5.26 Å². The van der Waals surface area contributed by atoms with Gasteiger partial charge in [0, 0.05) is 11.7 Å². The summed E-state index contributed by atoms with van der Waals surface area (Å²) in [6, 6.07) is 13.4. The Labute approximate surface area is 172 Å². The number of rotatable bonds is 4. The minimum Gasteiger partial charge on any atom is -0.406 e. The van der Waals surface area contributed by atoms with Gasteiger partial charge in [0.1, 0.15) is 5.75 Å². The lowest BCUT2D eigenvalue weighted by molar-refractivity contribution is -0.274. The van der Waals surface area contributed by atoms with Gasteiger partial charge in [-0.2, -0.15) is 5.26 Å². The summed E-state index contributed by atoms with van der Waals surface area (Å²) in [6.07, 6.45) is -0.337. The van der Waals surface area contributed by atoms with Crippen LogP contribution in [0.4, 0.5) is 24.8 Å². The largest absolute Gasteiger partial charge is 0.573 e. The lowest BCUT2D eigenvalue weighted by Gasteiger charge is -2.29. The first kappa shape index (κ1) is 20.1. The van der Waals surface area contributed by atoms with Gasteiger partial charge < -0.3 is 14.6 Å². The Morgan fingerprint density at radius 3 is 2.60 bits per heavy atom. The molecule has 0 aliphatic heterocycles. The van der Waals surface area contributed by atoms with Crippen LogP contribution in [0.1, 0.15) is 44.2 Å². The second-order valence-electron chi connectivity index (χ2n) is 7.74. The summed E-state index contributed by atoms with van der Waals surface area (Å²) in [6.45, 7) is 2.24. The fourth-order valence-electron chi connectivity index (χ4n) is 4.13. The third-order valence-electron chi connectivity index (χ3n) is 5.44. The molecule has 0 saturated heterocycles. The summed E-state index contributed by atoms with van der Waals surface area (Å²) in [5.41, 5.74) is 2.79. The van der Waals surface area contributed by atoms with Gasteiger partial charge in [-0.15, -0.1) is 13.2 Å². The molecule has 156 valence electrons. The Kier molecular flexibility index (Phi) is 5.29. The van der Waals surface area contributed by atoms with E-state index in [4.69, 9.17) is 0 Å². The van der Waals surface area contributed by atoms with Crippen LogP contribution in [0.5, 0.6) is 5.75 Å². The van der Waals surface area contributed by atoms with Gasteiger partial charge in [0.15, 0.2) is 0 Å². The molecule has 0 spiro atoms. The monoisotopic (exact) mass is 414 g/mol. The van der Waals surface area contributed by atoms with Gasteiger partial charge in [0.25, 0.3) is 0 Å². The molecule has 1 heterocycles. The molecular formula is C22H21F3N4O. The Morgan fingerprint density at radius 2 is 1.93 bits per heavy atom. The zero-order valence-corrected chi connectivity index (χ0v) is 16.4. The Morgan fingerprint density at radius 1 is 1.17 bits per heavy atom. The maximum atomic E-state index is 12.4. The molecule has 1 saturated carbocycles. The normalized spacial score (nSPS) is 19.4. The number of benzene rings is 2. The Hall–Kier alpha value is -3.21. The molecule has 5 nitrogen and oxygen atoms in total. The number of ether oxygens (including phenoxy) is 1. The molecule has 1 aliphatic carbocycles. The van der Waals surface area contributed by atoms with E-state index >= 15 is 0 Å². The third kappa shape index (κ3) is 4.35. The minimum atomic E-state index is -4.72. The van der Waals surface area contributed by atoms with Crippen LogP contribution in [-0.2, 0) is 0 Å². The number of anilines is 2. The molecule has 4 rings (SSSR count). The van der Waals surface area contributed by atoms with Crippen molar-refractivity contribution >= 4 is 22.7 Å². The number of halogens is 3. The van der Waals surface area contributed by atoms with E-state index in [1.807, 2.05) is 6.07 Å². The van der Waals surface area contributed by atoms with E-state index in [1.54, 1.807) is 12.1 Å². The first-order chi connectivity index (χ1) is 14.3. The number of aromatic nitrogens is 2. The van der Waals surface area contributed by atoms with Crippen LogP contribution < -0.4 is 10.1 Å². The van der Waals surface area contributed by atoms with Gasteiger partial charge in [0.2, 0.25) is 5.95 Å². The number of hydrogen-bond donors (Lipinski definition) is 1. The molecule has 2 atom stereocenters. The maximum Gasteiger partial charge on any atom is 0.573 e. The third-order valence-corrected chi connectivity index (χ3v) is 5.44. The topological polar surface area (TPSA) is 62.9 Å². The zero-order chi connectivity index (χ0) is 21.3. The van der Waals surface area contributed by atoms with E-state index in [2.05, 4.69) is 32.6 Å². The molecular weight excluding hydrogens is 393 g/mol. The molecule has 2 aromatic carbocycles. The van der Waals surface area contributed by atoms with Crippen molar-refractivity contribution in [3.05, 3.63) is 48.0 Å². The van der Waals surface area contributed by atoms with Crippen molar-refractivity contribution in [1.82, 2.24) is 9.55 Å². The van der Waals surface area contributed by atoms with Crippen molar-refractivity contribution in [2.24, 2.45) is 5.92 Å². The zero-order valence-electron chi connectivity index (χ0n) is 16.4. The number of nitriles is 1. The summed E-state index contributed by atoms with van der Waals surface area (Å²) < 4.78 is 43.2. The second-order valence-corrected chi connectivity index (χ2v) is 7.74. The Balaban J connectivity index is 1.68. The second kappa shape index (κ2) is 7.90. The number of imidazole rings is 1. The van der Waals surface area contributed by atoms with Gasteiger partial charge in [-0.25, -0.2) is 4.98 Å². The molecule has 1 aliphatic rings. The van der Waals surface area contributed by atoms with Crippen molar-refractivity contribution < 1.29 is 17.9 Å². The van der Waals surface area contributed by atoms with Gasteiger partial charge >= 0.3 is 6.36 Å². The van der Waals surface area contributed by atoms with Crippen LogP contribution >= 0.6 is 0 Å². The van der Waals surface area contributed by atoms with Crippen LogP contribution in [0.25, 0.3) is 11.0 Å². The molecule has 30 heavy (non-hydrogen) atoms. The molecule has 2 unspecified atom stereocenters. The minimum absolute atomic E-state index is 0.266. The van der Waals surface area contributed by atoms with E-state index in [-0.39, 0.29) is 11.8 Å². The first-order valence-corrected chi connectivity index (χ1v) is 9.87. The van der Waals surface area contributed by atoms with Gasteiger partial charge in [-0.3, -0.25) is 0 Å². The molecule has 0 radical (unpaired) electrons. The average molecular weight is 414 g/mol. The SMILES string of the molecule is CC1CCCC(n2c(Nc3ccc(OC(F)(F)F)cc3)nc3cc(C#N)ccc32)C1. The number of nitrogens with zero attached hydrogens (tertiary/aromatic N) is 3. The van der Waals surface area contributed by atoms with Crippen molar-refractivity contribution in [2.45, 2.75) is 45.0 Å². The van der Waals surface area contributed by atoms with Gasteiger partial charge in [-0.1, -0.05) is 19.8 Å². The average Bonchev–Trinajstić information content (AvgIpc) is 3.05.